The van der Waals surface area contributed by atoms with E-state index in [0.29, 0.717) is 17.4 Å². The molecule has 0 radical (unpaired) electrons. The molecule has 0 aliphatic heterocycles. The molecule has 3 rings (SSSR count). The van der Waals surface area contributed by atoms with E-state index < -0.39 is 32.2 Å². The SMILES string of the molecule is COc1ccc(CN(Cc2ccco2)C(=O)C(C)(C)C)cc1OS(=O)(=O)c1cccc(C(F)(F)F)c1. The fourth-order valence-corrected chi connectivity index (χ4v) is 4.34. The Balaban J connectivity index is 1.93. The van der Waals surface area contributed by atoms with E-state index in [9.17, 15) is 26.4 Å². The molecular weight excluding hydrogens is 499 g/mol. The molecule has 0 N–H and O–H groups in total. The molecule has 0 aliphatic rings. The summed E-state index contributed by atoms with van der Waals surface area (Å²) in [7, 11) is -3.33. The monoisotopic (exact) mass is 525 g/mol. The number of furan rings is 1. The van der Waals surface area contributed by atoms with E-state index in [2.05, 4.69) is 0 Å². The van der Waals surface area contributed by atoms with Crippen LogP contribution in [0.3, 0.4) is 0 Å². The molecule has 11 heteroatoms. The highest BCUT2D eigenvalue weighted by atomic mass is 32.2. The fourth-order valence-electron chi connectivity index (χ4n) is 3.36. The minimum atomic E-state index is -4.72. The minimum Gasteiger partial charge on any atom is -0.493 e. The van der Waals surface area contributed by atoms with Gasteiger partial charge >= 0.3 is 16.3 Å². The summed E-state index contributed by atoms with van der Waals surface area (Å²) in [5.41, 5.74) is -1.32. The van der Waals surface area contributed by atoms with Crippen molar-refractivity contribution in [3.63, 3.8) is 0 Å². The molecule has 1 heterocycles. The van der Waals surface area contributed by atoms with Crippen molar-refractivity contribution in [2.24, 2.45) is 5.41 Å². The number of alkyl halides is 3. The Hall–Kier alpha value is -3.47. The molecule has 2 aromatic carbocycles. The number of methoxy groups -OCH3 is 1. The van der Waals surface area contributed by atoms with E-state index in [1.165, 1.54) is 25.5 Å². The maximum absolute atomic E-state index is 13.1. The van der Waals surface area contributed by atoms with Gasteiger partial charge in [0.25, 0.3) is 0 Å². The van der Waals surface area contributed by atoms with E-state index in [4.69, 9.17) is 13.3 Å². The van der Waals surface area contributed by atoms with Gasteiger partial charge in [-0.2, -0.15) is 21.6 Å². The Morgan fingerprint density at radius 3 is 2.28 bits per heavy atom. The van der Waals surface area contributed by atoms with Crippen LogP contribution in [0.5, 0.6) is 11.5 Å². The fraction of sp³-hybridized carbons (Fsp3) is 0.320. The first kappa shape index (κ1) is 27.1. The topological polar surface area (TPSA) is 86.0 Å². The van der Waals surface area contributed by atoms with Crippen LogP contribution >= 0.6 is 0 Å². The van der Waals surface area contributed by atoms with Gasteiger partial charge in [-0.05, 0) is 48.0 Å². The van der Waals surface area contributed by atoms with Gasteiger partial charge in [0.15, 0.2) is 11.5 Å². The van der Waals surface area contributed by atoms with Gasteiger partial charge in [0.2, 0.25) is 5.91 Å². The summed E-state index contributed by atoms with van der Waals surface area (Å²) in [5, 5.41) is 0. The van der Waals surface area contributed by atoms with Crippen LogP contribution in [0, 0.1) is 5.41 Å². The van der Waals surface area contributed by atoms with Crippen LogP contribution in [-0.2, 0) is 34.2 Å². The average molecular weight is 526 g/mol. The van der Waals surface area contributed by atoms with Crippen LogP contribution in [0.25, 0.3) is 0 Å². The van der Waals surface area contributed by atoms with E-state index in [1.54, 1.807) is 43.9 Å². The molecule has 36 heavy (non-hydrogen) atoms. The predicted octanol–water partition coefficient (Wildman–Crippen LogP) is 5.65. The van der Waals surface area contributed by atoms with Crippen LogP contribution in [0.4, 0.5) is 13.2 Å². The predicted molar refractivity (Wildman–Crippen MR) is 125 cm³/mol. The highest BCUT2D eigenvalue weighted by Crippen LogP contribution is 2.34. The Morgan fingerprint density at radius 2 is 1.69 bits per heavy atom. The molecule has 1 amide bonds. The molecular formula is C25H26F3NO6S. The average Bonchev–Trinajstić information content (AvgIpc) is 3.30. The van der Waals surface area contributed by atoms with Crippen molar-refractivity contribution in [1.29, 1.82) is 0 Å². The molecule has 194 valence electrons. The van der Waals surface area contributed by atoms with Crippen molar-refractivity contribution in [1.82, 2.24) is 4.90 Å². The van der Waals surface area contributed by atoms with E-state index in [-0.39, 0.29) is 30.5 Å². The van der Waals surface area contributed by atoms with E-state index >= 15 is 0 Å². The maximum Gasteiger partial charge on any atom is 0.416 e. The van der Waals surface area contributed by atoms with Crippen LogP contribution < -0.4 is 8.92 Å². The van der Waals surface area contributed by atoms with Crippen LogP contribution in [0.1, 0.15) is 37.7 Å². The highest BCUT2D eigenvalue weighted by molar-refractivity contribution is 7.87. The number of ether oxygens (including phenoxy) is 1. The molecule has 0 spiro atoms. The van der Waals surface area contributed by atoms with Crippen LogP contribution in [0.2, 0.25) is 0 Å². The van der Waals surface area contributed by atoms with Gasteiger partial charge in [-0.25, -0.2) is 0 Å². The third-order valence-electron chi connectivity index (χ3n) is 5.11. The second kappa shape index (κ2) is 10.3. The maximum atomic E-state index is 13.1. The Morgan fingerprint density at radius 1 is 0.972 bits per heavy atom. The second-order valence-corrected chi connectivity index (χ2v) is 10.6. The molecule has 0 unspecified atom stereocenters. The molecule has 3 aromatic rings. The molecule has 1 aromatic heterocycles. The van der Waals surface area contributed by atoms with Crippen molar-refractivity contribution in [3.05, 3.63) is 77.7 Å². The molecule has 0 bridgehead atoms. The third kappa shape index (κ3) is 6.60. The van der Waals surface area contributed by atoms with Gasteiger partial charge in [0.1, 0.15) is 10.7 Å². The summed E-state index contributed by atoms with van der Waals surface area (Å²) in [6.07, 6.45) is -3.23. The van der Waals surface area contributed by atoms with Crippen molar-refractivity contribution in [3.8, 4) is 11.5 Å². The summed E-state index contributed by atoms with van der Waals surface area (Å²) >= 11 is 0. The third-order valence-corrected chi connectivity index (χ3v) is 6.34. The molecule has 0 saturated heterocycles. The number of halogens is 3. The highest BCUT2D eigenvalue weighted by Gasteiger charge is 2.32. The quantitative estimate of drug-likeness (QED) is 0.354. The molecule has 0 fully saturated rings. The zero-order chi connectivity index (χ0) is 26.7. The Bertz CT molecular complexity index is 1310. The van der Waals surface area contributed by atoms with E-state index in [1.807, 2.05) is 0 Å². The summed E-state index contributed by atoms with van der Waals surface area (Å²) < 4.78 is 80.6. The summed E-state index contributed by atoms with van der Waals surface area (Å²) in [4.78, 5) is 14.0. The van der Waals surface area contributed by atoms with E-state index in [0.717, 1.165) is 18.2 Å². The molecule has 7 nitrogen and oxygen atoms in total. The first-order valence-electron chi connectivity index (χ1n) is 10.8. The van der Waals surface area contributed by atoms with Crippen molar-refractivity contribution >= 4 is 16.0 Å². The zero-order valence-corrected chi connectivity index (χ0v) is 20.9. The minimum absolute atomic E-state index is 0.0500. The molecule has 0 aliphatic carbocycles. The number of rotatable bonds is 8. The lowest BCUT2D eigenvalue weighted by Gasteiger charge is -2.29. The standard InChI is InChI=1S/C25H26F3NO6S/c1-24(2,3)23(30)29(16-19-8-6-12-34-19)15-17-10-11-21(33-4)22(13-17)35-36(31,32)20-9-5-7-18(14-20)25(26,27)28/h5-14H,15-16H2,1-4H3. The van der Waals surface area contributed by atoms with Gasteiger partial charge in [0.05, 0.1) is 25.5 Å². The lowest BCUT2D eigenvalue weighted by Crippen LogP contribution is -2.38. The smallest absolute Gasteiger partial charge is 0.416 e. The largest absolute Gasteiger partial charge is 0.493 e. The van der Waals surface area contributed by atoms with Crippen molar-refractivity contribution in [2.45, 2.75) is 44.9 Å². The molecule has 0 atom stereocenters. The summed E-state index contributed by atoms with van der Waals surface area (Å²) in [6, 6.07) is 11.1. The number of hydrogen-bond acceptors (Lipinski definition) is 6. The Labute approximate surface area is 207 Å². The van der Waals surface area contributed by atoms with Gasteiger partial charge in [-0.15, -0.1) is 0 Å². The van der Waals surface area contributed by atoms with Gasteiger partial charge in [0, 0.05) is 12.0 Å². The summed E-state index contributed by atoms with van der Waals surface area (Å²) in [5.74, 6) is 0.209. The summed E-state index contributed by atoms with van der Waals surface area (Å²) in [6.45, 7) is 5.58. The molecule has 0 saturated carbocycles. The number of nitrogens with zero attached hydrogens (tertiary/aromatic N) is 1. The lowest BCUT2D eigenvalue weighted by molar-refractivity contribution is -0.141. The number of amides is 1. The second-order valence-electron chi connectivity index (χ2n) is 9.04. The van der Waals surface area contributed by atoms with Crippen LogP contribution in [0.15, 0.2) is 70.2 Å². The Kier molecular flexibility index (Phi) is 7.73. The van der Waals surface area contributed by atoms with Crippen molar-refractivity contribution < 1.29 is 39.7 Å². The van der Waals surface area contributed by atoms with Gasteiger partial charge < -0.3 is 18.2 Å². The lowest BCUT2D eigenvalue weighted by atomic mass is 9.94. The first-order chi connectivity index (χ1) is 16.7. The number of hydrogen-bond donors (Lipinski definition) is 0. The normalized spacial score (nSPS) is 12.3. The van der Waals surface area contributed by atoms with Crippen molar-refractivity contribution in [2.75, 3.05) is 7.11 Å². The van der Waals surface area contributed by atoms with Gasteiger partial charge in [-0.1, -0.05) is 32.9 Å². The zero-order valence-electron chi connectivity index (χ0n) is 20.1. The number of benzene rings is 2. The van der Waals surface area contributed by atoms with Gasteiger partial charge in [-0.3, -0.25) is 4.79 Å². The first-order valence-corrected chi connectivity index (χ1v) is 12.2. The van der Waals surface area contributed by atoms with Crippen LogP contribution in [-0.4, -0.2) is 26.3 Å². The number of carbonyl (C=O) groups is 1. The number of carbonyl (C=O) groups excluding carboxylic acids is 1.